The molecular formula is C23H18N2O3. The molecule has 0 unspecified atom stereocenters. The van der Waals surface area contributed by atoms with Crippen LogP contribution >= 0.6 is 0 Å². The summed E-state index contributed by atoms with van der Waals surface area (Å²) in [7, 11) is 0. The van der Waals surface area contributed by atoms with Crippen molar-refractivity contribution in [1.82, 2.24) is 0 Å². The van der Waals surface area contributed by atoms with Gasteiger partial charge in [0, 0.05) is 22.9 Å². The monoisotopic (exact) mass is 370 g/mol. The molecule has 5 nitrogen and oxygen atoms in total. The van der Waals surface area contributed by atoms with Gasteiger partial charge in [0.2, 0.25) is 0 Å². The van der Waals surface area contributed by atoms with Gasteiger partial charge in [0.25, 0.3) is 5.91 Å². The second-order valence-corrected chi connectivity index (χ2v) is 6.27. The Hall–Kier alpha value is -3.91. The van der Waals surface area contributed by atoms with E-state index >= 15 is 0 Å². The Bertz CT molecular complexity index is 1100. The van der Waals surface area contributed by atoms with Crippen molar-refractivity contribution < 1.29 is 14.0 Å². The summed E-state index contributed by atoms with van der Waals surface area (Å²) in [6.07, 6.45) is 1.40. The highest BCUT2D eigenvalue weighted by molar-refractivity contribution is 6.09. The smallest absolute Gasteiger partial charge is 0.266 e. The quantitative estimate of drug-likeness (QED) is 0.389. The van der Waals surface area contributed by atoms with Crippen LogP contribution in [0, 0.1) is 18.3 Å². The van der Waals surface area contributed by atoms with Gasteiger partial charge in [0.15, 0.2) is 5.78 Å². The molecule has 0 spiro atoms. The number of furan rings is 1. The van der Waals surface area contributed by atoms with Crippen molar-refractivity contribution in [3.63, 3.8) is 0 Å². The second kappa shape index (κ2) is 8.19. The van der Waals surface area contributed by atoms with Crippen LogP contribution in [0.5, 0.6) is 0 Å². The summed E-state index contributed by atoms with van der Waals surface area (Å²) in [6.45, 7) is 3.39. The number of carbonyl (C=O) groups excluding carboxylic acids is 2. The highest BCUT2D eigenvalue weighted by Gasteiger charge is 2.12. The minimum Gasteiger partial charge on any atom is -0.457 e. The molecule has 1 amide bonds. The Labute approximate surface area is 162 Å². The predicted octanol–water partition coefficient (Wildman–Crippen LogP) is 5.00. The van der Waals surface area contributed by atoms with Crippen molar-refractivity contribution >= 4 is 23.5 Å². The molecule has 1 N–H and O–H groups in total. The van der Waals surface area contributed by atoms with Crippen LogP contribution in [0.1, 0.15) is 28.6 Å². The van der Waals surface area contributed by atoms with Gasteiger partial charge >= 0.3 is 0 Å². The lowest BCUT2D eigenvalue weighted by Gasteiger charge is -2.06. The van der Waals surface area contributed by atoms with Crippen LogP contribution in [0.3, 0.4) is 0 Å². The number of hydrogen-bond donors (Lipinski definition) is 1. The summed E-state index contributed by atoms with van der Waals surface area (Å²) >= 11 is 0. The van der Waals surface area contributed by atoms with E-state index in [1.54, 1.807) is 42.5 Å². The highest BCUT2D eigenvalue weighted by atomic mass is 16.3. The topological polar surface area (TPSA) is 83.1 Å². The first-order chi connectivity index (χ1) is 13.5. The second-order valence-electron chi connectivity index (χ2n) is 6.27. The van der Waals surface area contributed by atoms with Crippen molar-refractivity contribution in [2.75, 3.05) is 5.32 Å². The molecule has 5 heteroatoms. The molecule has 0 bridgehead atoms. The number of benzene rings is 2. The van der Waals surface area contributed by atoms with Gasteiger partial charge in [-0.25, -0.2) is 0 Å². The zero-order valence-electron chi connectivity index (χ0n) is 15.5. The maximum atomic E-state index is 12.4. The number of rotatable bonds is 5. The van der Waals surface area contributed by atoms with E-state index in [0.29, 0.717) is 22.8 Å². The standard InChI is InChI=1S/C23H18N2O3/c1-15-5-3-4-6-21(15)25-23(27)19(14-24)13-20-11-12-22(28-20)18-9-7-17(8-10-18)16(2)26/h3-13H,1-2H3,(H,25,27)/b19-13-. The molecule has 0 saturated carbocycles. The van der Waals surface area contributed by atoms with Crippen molar-refractivity contribution in [2.45, 2.75) is 13.8 Å². The summed E-state index contributed by atoms with van der Waals surface area (Å²) < 4.78 is 5.73. The van der Waals surface area contributed by atoms with Crippen molar-refractivity contribution in [3.05, 3.63) is 83.1 Å². The van der Waals surface area contributed by atoms with Crippen LogP contribution in [0.25, 0.3) is 17.4 Å². The molecule has 1 heterocycles. The maximum Gasteiger partial charge on any atom is 0.266 e. The average Bonchev–Trinajstić information content (AvgIpc) is 3.16. The Morgan fingerprint density at radius 1 is 1.04 bits per heavy atom. The molecule has 0 atom stereocenters. The fourth-order valence-corrected chi connectivity index (χ4v) is 2.65. The molecule has 0 saturated heterocycles. The number of aryl methyl sites for hydroxylation is 1. The molecule has 3 rings (SSSR count). The minimum atomic E-state index is -0.499. The summed E-state index contributed by atoms with van der Waals surface area (Å²) in [4.78, 5) is 23.8. The Balaban J connectivity index is 1.80. The van der Waals surface area contributed by atoms with Gasteiger partial charge in [-0.15, -0.1) is 0 Å². The number of amides is 1. The van der Waals surface area contributed by atoms with Gasteiger partial charge in [-0.2, -0.15) is 5.26 Å². The normalized spacial score (nSPS) is 11.0. The number of ketones is 1. The van der Waals surface area contributed by atoms with Crippen LogP contribution in [-0.4, -0.2) is 11.7 Å². The van der Waals surface area contributed by atoms with Crippen molar-refractivity contribution in [1.29, 1.82) is 5.26 Å². The van der Waals surface area contributed by atoms with Gasteiger partial charge < -0.3 is 9.73 Å². The van der Waals surface area contributed by atoms with Crippen LogP contribution in [0.15, 0.2) is 70.7 Å². The zero-order valence-corrected chi connectivity index (χ0v) is 15.5. The number of carbonyl (C=O) groups is 2. The number of nitrogens with zero attached hydrogens (tertiary/aromatic N) is 1. The lowest BCUT2D eigenvalue weighted by atomic mass is 10.1. The number of Topliss-reactive ketones (excluding diaryl/α,β-unsaturated/α-hetero) is 1. The van der Waals surface area contributed by atoms with Crippen LogP contribution in [-0.2, 0) is 4.79 Å². The first-order valence-corrected chi connectivity index (χ1v) is 8.68. The SMILES string of the molecule is CC(=O)c1ccc(-c2ccc(/C=C(/C#N)C(=O)Nc3ccccc3C)o2)cc1. The first-order valence-electron chi connectivity index (χ1n) is 8.68. The van der Waals surface area contributed by atoms with Gasteiger partial charge in [0.1, 0.15) is 23.2 Å². The van der Waals surface area contributed by atoms with Gasteiger partial charge in [-0.1, -0.05) is 42.5 Å². The number of anilines is 1. The van der Waals surface area contributed by atoms with E-state index in [1.165, 1.54) is 13.0 Å². The van der Waals surface area contributed by atoms with E-state index in [4.69, 9.17) is 4.42 Å². The minimum absolute atomic E-state index is 0.00653. The van der Waals surface area contributed by atoms with Crippen LogP contribution < -0.4 is 5.32 Å². The highest BCUT2D eigenvalue weighted by Crippen LogP contribution is 2.24. The summed E-state index contributed by atoms with van der Waals surface area (Å²) in [5.41, 5.74) is 2.92. The van der Waals surface area contributed by atoms with E-state index in [1.807, 2.05) is 31.2 Å². The van der Waals surface area contributed by atoms with E-state index in [0.717, 1.165) is 11.1 Å². The van der Waals surface area contributed by atoms with Gasteiger partial charge in [-0.05, 0) is 37.6 Å². The molecule has 0 aliphatic carbocycles. The first kappa shape index (κ1) is 18.9. The Morgan fingerprint density at radius 3 is 2.39 bits per heavy atom. The van der Waals surface area contributed by atoms with E-state index in [9.17, 15) is 14.9 Å². The Morgan fingerprint density at radius 2 is 1.75 bits per heavy atom. The summed E-state index contributed by atoms with van der Waals surface area (Å²) in [5, 5.41) is 12.1. The van der Waals surface area contributed by atoms with E-state index < -0.39 is 5.91 Å². The molecule has 28 heavy (non-hydrogen) atoms. The fourth-order valence-electron chi connectivity index (χ4n) is 2.65. The third-order valence-electron chi connectivity index (χ3n) is 4.25. The number of para-hydroxylation sites is 1. The van der Waals surface area contributed by atoms with Crippen LogP contribution in [0.2, 0.25) is 0 Å². The molecule has 3 aromatic rings. The molecule has 0 aliphatic rings. The van der Waals surface area contributed by atoms with Crippen molar-refractivity contribution in [2.24, 2.45) is 0 Å². The maximum absolute atomic E-state index is 12.4. The summed E-state index contributed by atoms with van der Waals surface area (Å²) in [6, 6.07) is 19.7. The predicted molar refractivity (Wildman–Crippen MR) is 108 cm³/mol. The number of nitriles is 1. The summed E-state index contributed by atoms with van der Waals surface area (Å²) in [5.74, 6) is 0.466. The molecule has 2 aromatic carbocycles. The molecule has 0 radical (unpaired) electrons. The van der Waals surface area contributed by atoms with Gasteiger partial charge in [0.05, 0.1) is 0 Å². The lowest BCUT2D eigenvalue weighted by Crippen LogP contribution is -2.14. The zero-order chi connectivity index (χ0) is 20.1. The fraction of sp³-hybridized carbons (Fsp3) is 0.0870. The molecule has 1 aromatic heterocycles. The van der Waals surface area contributed by atoms with E-state index in [2.05, 4.69) is 5.32 Å². The number of hydrogen-bond acceptors (Lipinski definition) is 4. The molecule has 0 fully saturated rings. The average molecular weight is 370 g/mol. The van der Waals surface area contributed by atoms with Crippen LogP contribution in [0.4, 0.5) is 5.69 Å². The lowest BCUT2D eigenvalue weighted by molar-refractivity contribution is -0.112. The third-order valence-corrected chi connectivity index (χ3v) is 4.25. The molecule has 0 aliphatic heterocycles. The van der Waals surface area contributed by atoms with E-state index in [-0.39, 0.29) is 11.4 Å². The number of nitrogens with one attached hydrogen (secondary N) is 1. The third kappa shape index (κ3) is 4.25. The van der Waals surface area contributed by atoms with Gasteiger partial charge in [-0.3, -0.25) is 9.59 Å². The van der Waals surface area contributed by atoms with Crippen molar-refractivity contribution in [3.8, 4) is 17.4 Å². The molecular weight excluding hydrogens is 352 g/mol. The largest absolute Gasteiger partial charge is 0.457 e. The Kier molecular flexibility index (Phi) is 5.52. The molecule has 138 valence electrons.